The van der Waals surface area contributed by atoms with Gasteiger partial charge in [0.05, 0.1) is 6.10 Å². The van der Waals surface area contributed by atoms with Crippen LogP contribution in [-0.4, -0.2) is 5.11 Å². The Kier molecular flexibility index (Phi) is 5.40. The molecule has 2 rings (SSSR count). The molecule has 0 spiro atoms. The quantitative estimate of drug-likeness (QED) is 0.765. The van der Waals surface area contributed by atoms with Gasteiger partial charge in [-0.2, -0.15) is 0 Å². The van der Waals surface area contributed by atoms with Crippen LogP contribution in [-0.2, 0) is 0 Å². The largest absolute Gasteiger partial charge is 0.457 e. The highest BCUT2D eigenvalue weighted by Crippen LogP contribution is 2.31. The Morgan fingerprint density at radius 2 is 1.62 bits per heavy atom. The molecule has 0 heterocycles. The summed E-state index contributed by atoms with van der Waals surface area (Å²) in [6.45, 7) is 6.38. The third-order valence-corrected chi connectivity index (χ3v) is 3.95. The maximum atomic E-state index is 10.1. The van der Waals surface area contributed by atoms with Crippen LogP contribution in [0.2, 0.25) is 0 Å². The van der Waals surface area contributed by atoms with E-state index in [1.807, 2.05) is 43.3 Å². The van der Waals surface area contributed by atoms with E-state index in [0.29, 0.717) is 12.3 Å². The maximum Gasteiger partial charge on any atom is 0.133 e. The van der Waals surface area contributed by atoms with Gasteiger partial charge in [-0.15, -0.1) is 0 Å². The summed E-state index contributed by atoms with van der Waals surface area (Å²) >= 11 is 0. The lowest BCUT2D eigenvalue weighted by Crippen LogP contribution is -1.98. The van der Waals surface area contributed by atoms with E-state index in [-0.39, 0.29) is 0 Å². The average Bonchev–Trinajstić information content (AvgIpc) is 2.54. The minimum atomic E-state index is -0.486. The first-order valence-corrected chi connectivity index (χ1v) is 7.70. The first-order valence-electron chi connectivity index (χ1n) is 7.70. The van der Waals surface area contributed by atoms with Crippen LogP contribution in [0.4, 0.5) is 0 Å². The zero-order chi connectivity index (χ0) is 15.2. The Hall–Kier alpha value is -1.80. The van der Waals surface area contributed by atoms with E-state index in [1.165, 1.54) is 5.56 Å². The fraction of sp³-hybridized carbons (Fsp3) is 0.368. The number of rotatable bonds is 6. The van der Waals surface area contributed by atoms with Crippen molar-refractivity contribution in [3.8, 4) is 11.5 Å². The normalized spacial score (nSPS) is 13.7. The first-order chi connectivity index (χ1) is 10.2. The summed E-state index contributed by atoms with van der Waals surface area (Å²) in [6, 6.07) is 15.9. The summed E-state index contributed by atoms with van der Waals surface area (Å²) in [7, 11) is 0. The number of para-hydroxylation sites is 1. The molecular weight excluding hydrogens is 260 g/mol. The van der Waals surface area contributed by atoms with E-state index >= 15 is 0 Å². The lowest BCUT2D eigenvalue weighted by atomic mass is 9.99. The third-order valence-electron chi connectivity index (χ3n) is 3.95. The molecule has 0 aliphatic carbocycles. The molecule has 2 heteroatoms. The van der Waals surface area contributed by atoms with Gasteiger partial charge in [0.25, 0.3) is 0 Å². The molecule has 21 heavy (non-hydrogen) atoms. The molecule has 0 saturated heterocycles. The predicted molar refractivity (Wildman–Crippen MR) is 86.9 cm³/mol. The van der Waals surface area contributed by atoms with Crippen molar-refractivity contribution in [3.63, 3.8) is 0 Å². The van der Waals surface area contributed by atoms with Gasteiger partial charge < -0.3 is 9.84 Å². The summed E-state index contributed by atoms with van der Waals surface area (Å²) in [5, 5.41) is 10.1. The topological polar surface area (TPSA) is 29.5 Å². The summed E-state index contributed by atoms with van der Waals surface area (Å²) in [4.78, 5) is 0. The first kappa shape index (κ1) is 15.6. The maximum absolute atomic E-state index is 10.1. The molecule has 112 valence electrons. The van der Waals surface area contributed by atoms with Gasteiger partial charge in [-0.3, -0.25) is 0 Å². The van der Waals surface area contributed by atoms with Crippen molar-refractivity contribution in [1.82, 2.24) is 0 Å². The molecular formula is C19H24O2. The van der Waals surface area contributed by atoms with Gasteiger partial charge in [-0.05, 0) is 42.5 Å². The van der Waals surface area contributed by atoms with E-state index < -0.39 is 6.10 Å². The standard InChI is InChI=1S/C19H24O2/c1-4-14(3)15-10-12-16(13-11-15)21-19-9-7-6-8-17(19)18(20)5-2/h6-14,18,20H,4-5H2,1-3H3/t14?,18-/m1/s1. The fourth-order valence-corrected chi connectivity index (χ4v) is 2.30. The molecule has 2 aromatic carbocycles. The van der Waals surface area contributed by atoms with Gasteiger partial charge in [0.1, 0.15) is 11.5 Å². The second kappa shape index (κ2) is 7.28. The molecule has 2 nitrogen and oxygen atoms in total. The Morgan fingerprint density at radius 1 is 0.952 bits per heavy atom. The van der Waals surface area contributed by atoms with Crippen LogP contribution in [0.5, 0.6) is 11.5 Å². The molecule has 2 aromatic rings. The summed E-state index contributed by atoms with van der Waals surface area (Å²) in [5.41, 5.74) is 2.16. The van der Waals surface area contributed by atoms with Gasteiger partial charge >= 0.3 is 0 Å². The van der Waals surface area contributed by atoms with Crippen molar-refractivity contribution in [2.24, 2.45) is 0 Å². The summed E-state index contributed by atoms with van der Waals surface area (Å²) in [6.07, 6.45) is 1.32. The van der Waals surface area contributed by atoms with Crippen molar-refractivity contribution in [1.29, 1.82) is 0 Å². The van der Waals surface area contributed by atoms with Crippen LogP contribution in [0.15, 0.2) is 48.5 Å². The summed E-state index contributed by atoms with van der Waals surface area (Å²) in [5.74, 6) is 2.09. The van der Waals surface area contributed by atoms with E-state index in [2.05, 4.69) is 26.0 Å². The van der Waals surface area contributed by atoms with E-state index in [1.54, 1.807) is 0 Å². The Balaban J connectivity index is 2.19. The molecule has 2 atom stereocenters. The van der Waals surface area contributed by atoms with Crippen molar-refractivity contribution in [2.75, 3.05) is 0 Å². The molecule has 0 saturated carbocycles. The Morgan fingerprint density at radius 3 is 2.24 bits per heavy atom. The zero-order valence-corrected chi connectivity index (χ0v) is 13.0. The van der Waals surface area contributed by atoms with Gasteiger partial charge in [0, 0.05) is 5.56 Å². The van der Waals surface area contributed by atoms with Crippen LogP contribution in [0, 0.1) is 0 Å². The van der Waals surface area contributed by atoms with Crippen molar-refractivity contribution in [3.05, 3.63) is 59.7 Å². The van der Waals surface area contributed by atoms with Crippen molar-refractivity contribution < 1.29 is 9.84 Å². The number of aliphatic hydroxyl groups excluding tert-OH is 1. The molecule has 0 amide bonds. The highest BCUT2D eigenvalue weighted by Gasteiger charge is 2.12. The minimum Gasteiger partial charge on any atom is -0.457 e. The third kappa shape index (κ3) is 3.85. The Labute approximate surface area is 127 Å². The molecule has 0 radical (unpaired) electrons. The molecule has 0 fully saturated rings. The van der Waals surface area contributed by atoms with Gasteiger partial charge in [0.15, 0.2) is 0 Å². The zero-order valence-electron chi connectivity index (χ0n) is 13.0. The number of aliphatic hydroxyl groups is 1. The lowest BCUT2D eigenvalue weighted by Gasteiger charge is -2.15. The van der Waals surface area contributed by atoms with Crippen LogP contribution in [0.3, 0.4) is 0 Å². The van der Waals surface area contributed by atoms with Gasteiger partial charge in [-0.25, -0.2) is 0 Å². The molecule has 1 N–H and O–H groups in total. The highest BCUT2D eigenvalue weighted by atomic mass is 16.5. The number of hydrogen-bond acceptors (Lipinski definition) is 2. The van der Waals surface area contributed by atoms with Crippen LogP contribution < -0.4 is 4.74 Å². The van der Waals surface area contributed by atoms with Crippen molar-refractivity contribution >= 4 is 0 Å². The van der Waals surface area contributed by atoms with Crippen LogP contribution >= 0.6 is 0 Å². The van der Waals surface area contributed by atoms with Gasteiger partial charge in [-0.1, -0.05) is 51.1 Å². The monoisotopic (exact) mass is 284 g/mol. The molecule has 0 bridgehead atoms. The Bertz CT molecular complexity index is 560. The second-order valence-corrected chi connectivity index (χ2v) is 5.44. The number of ether oxygens (including phenoxy) is 1. The number of benzene rings is 2. The van der Waals surface area contributed by atoms with E-state index in [9.17, 15) is 5.11 Å². The smallest absolute Gasteiger partial charge is 0.133 e. The minimum absolute atomic E-state index is 0.486. The molecule has 0 aromatic heterocycles. The SMILES string of the molecule is CCC(C)c1ccc(Oc2ccccc2[C@H](O)CC)cc1. The van der Waals surface area contributed by atoms with Crippen molar-refractivity contribution in [2.45, 2.75) is 45.6 Å². The van der Waals surface area contributed by atoms with E-state index in [4.69, 9.17) is 4.74 Å². The highest BCUT2D eigenvalue weighted by molar-refractivity contribution is 5.40. The molecule has 0 aliphatic rings. The van der Waals surface area contributed by atoms with Gasteiger partial charge in [0.2, 0.25) is 0 Å². The van der Waals surface area contributed by atoms with E-state index in [0.717, 1.165) is 23.5 Å². The van der Waals surface area contributed by atoms with Crippen LogP contribution in [0.25, 0.3) is 0 Å². The average molecular weight is 284 g/mol. The lowest BCUT2D eigenvalue weighted by molar-refractivity contribution is 0.170. The van der Waals surface area contributed by atoms with Crippen LogP contribution in [0.1, 0.15) is 56.8 Å². The summed E-state index contributed by atoms with van der Waals surface area (Å²) < 4.78 is 5.94. The molecule has 1 unspecified atom stereocenters. The predicted octanol–water partition coefficient (Wildman–Crippen LogP) is 5.44. The second-order valence-electron chi connectivity index (χ2n) is 5.44. The number of hydrogen-bond donors (Lipinski definition) is 1. The molecule has 0 aliphatic heterocycles. The fourth-order valence-electron chi connectivity index (χ4n) is 2.30.